The van der Waals surface area contributed by atoms with E-state index in [0.717, 1.165) is 54.7 Å². The monoisotopic (exact) mass is 602 g/mol. The first-order valence-electron chi connectivity index (χ1n) is 14.2. The van der Waals surface area contributed by atoms with E-state index in [1.165, 1.54) is 5.56 Å². The van der Waals surface area contributed by atoms with Gasteiger partial charge in [0.1, 0.15) is 11.5 Å². The van der Waals surface area contributed by atoms with E-state index >= 15 is 0 Å². The zero-order valence-corrected chi connectivity index (χ0v) is 24.0. The van der Waals surface area contributed by atoms with Gasteiger partial charge in [0.05, 0.1) is 5.92 Å². The van der Waals surface area contributed by atoms with E-state index in [4.69, 9.17) is 0 Å². The molecule has 1 aliphatic rings. The fourth-order valence-corrected chi connectivity index (χ4v) is 7.16. The van der Waals surface area contributed by atoms with Crippen LogP contribution in [-0.4, -0.2) is 39.1 Å². The van der Waals surface area contributed by atoms with E-state index in [1.807, 2.05) is 24.3 Å². The summed E-state index contributed by atoms with van der Waals surface area (Å²) in [6.07, 6.45) is -1.32. The number of hydrogen-bond donors (Lipinski definition) is 3. The van der Waals surface area contributed by atoms with Crippen molar-refractivity contribution in [2.75, 3.05) is 5.75 Å². The third-order valence-electron chi connectivity index (χ3n) is 8.30. The molecule has 0 saturated carbocycles. The molecule has 0 spiro atoms. The molecule has 0 amide bonds. The lowest BCUT2D eigenvalue weighted by atomic mass is 9.68. The molecule has 0 aromatic heterocycles. The van der Waals surface area contributed by atoms with Gasteiger partial charge in [0, 0.05) is 22.5 Å². The zero-order chi connectivity index (χ0) is 30.3. The predicted octanol–water partition coefficient (Wildman–Crippen LogP) is 9.43. The second-order valence-corrected chi connectivity index (χ2v) is 12.4. The van der Waals surface area contributed by atoms with E-state index in [-0.39, 0.29) is 35.7 Å². The highest BCUT2D eigenvalue weighted by molar-refractivity contribution is 7.99. The molecule has 1 heterocycles. The van der Waals surface area contributed by atoms with Gasteiger partial charge >= 0.3 is 18.1 Å². The van der Waals surface area contributed by atoms with Crippen molar-refractivity contribution in [2.24, 2.45) is 5.92 Å². The van der Waals surface area contributed by atoms with Crippen molar-refractivity contribution in [2.45, 2.75) is 106 Å². The number of aromatic hydroxyl groups is 2. The van der Waals surface area contributed by atoms with Crippen molar-refractivity contribution >= 4 is 17.7 Å². The van der Waals surface area contributed by atoms with Crippen molar-refractivity contribution in [1.82, 2.24) is 0 Å². The van der Waals surface area contributed by atoms with Gasteiger partial charge in [0.15, 0.2) is 0 Å². The average molecular weight is 603 g/mol. The third kappa shape index (κ3) is 8.75. The minimum atomic E-state index is -5.61. The summed E-state index contributed by atoms with van der Waals surface area (Å²) < 4.78 is 63.2. The maximum absolute atomic E-state index is 13.1. The second-order valence-electron chi connectivity index (χ2n) is 11.4. The minimum absolute atomic E-state index is 0.155. The van der Waals surface area contributed by atoms with Gasteiger partial charge in [0.2, 0.25) is 0 Å². The van der Waals surface area contributed by atoms with Crippen molar-refractivity contribution in [3.8, 4) is 11.5 Å². The maximum atomic E-state index is 13.1. The second kappa shape index (κ2) is 14.1. The summed E-state index contributed by atoms with van der Waals surface area (Å²) in [6, 6.07) is 12.9. The van der Waals surface area contributed by atoms with E-state index in [1.54, 1.807) is 30.0 Å². The number of benzene rings is 2. The van der Waals surface area contributed by atoms with Gasteiger partial charge in [0.25, 0.3) is 0 Å². The van der Waals surface area contributed by atoms with Crippen LogP contribution in [0.4, 0.5) is 22.0 Å². The number of hydrogen-bond acceptors (Lipinski definition) is 4. The van der Waals surface area contributed by atoms with Crippen molar-refractivity contribution in [3.63, 3.8) is 0 Å². The fraction of sp³-hybridized carbons (Fsp3) is 0.581. The number of aliphatic carboxylic acids is 1. The van der Waals surface area contributed by atoms with Gasteiger partial charge in [-0.3, -0.25) is 4.79 Å². The average Bonchev–Trinajstić information content (AvgIpc) is 2.89. The number of halogens is 5. The highest BCUT2D eigenvalue weighted by Crippen LogP contribution is 2.52. The Morgan fingerprint density at radius 3 is 2.12 bits per heavy atom. The van der Waals surface area contributed by atoms with E-state index in [0.29, 0.717) is 6.42 Å². The number of carboxylic acids is 1. The predicted molar refractivity (Wildman–Crippen MR) is 150 cm³/mol. The first-order valence-corrected chi connectivity index (χ1v) is 15.2. The summed E-state index contributed by atoms with van der Waals surface area (Å²) in [5.41, 5.74) is 2.21. The molecule has 3 N–H and O–H groups in total. The summed E-state index contributed by atoms with van der Waals surface area (Å²) >= 11 is 1.73. The maximum Gasteiger partial charge on any atom is 0.453 e. The molecule has 0 radical (unpaired) electrons. The van der Waals surface area contributed by atoms with Gasteiger partial charge in [-0.05, 0) is 67.0 Å². The largest absolute Gasteiger partial charge is 0.508 e. The Hall–Kier alpha value is -2.49. The molecule has 3 rings (SSSR count). The van der Waals surface area contributed by atoms with Gasteiger partial charge in [-0.15, -0.1) is 11.8 Å². The van der Waals surface area contributed by atoms with Crippen LogP contribution in [-0.2, 0) is 10.2 Å². The number of carboxylic acid groups (broad SMARTS) is 1. The Labute approximate surface area is 242 Å². The van der Waals surface area contributed by atoms with Crippen LogP contribution in [0.25, 0.3) is 0 Å². The number of carbonyl (C=O) groups is 1. The number of fused-ring (bicyclic) bond motifs is 1. The SMILES string of the molecule is CC1(c2ccc(O)cc2)CSc2cc(O)ccc2C1CCCCCCCC[C@@H](CCCC(F)(F)C(F)(F)F)C(=O)O. The topological polar surface area (TPSA) is 77.8 Å². The number of unbranched alkanes of at least 4 members (excludes halogenated alkanes) is 5. The van der Waals surface area contributed by atoms with Gasteiger partial charge in [-0.1, -0.05) is 63.6 Å². The molecular formula is C31H39F5O4S. The Bertz CT molecular complexity index is 1140. The Kier molecular flexibility index (Phi) is 11.4. The lowest BCUT2D eigenvalue weighted by Gasteiger charge is -2.43. The highest BCUT2D eigenvalue weighted by atomic mass is 32.2. The molecule has 3 atom stereocenters. The molecule has 4 nitrogen and oxygen atoms in total. The van der Waals surface area contributed by atoms with Crippen LogP contribution < -0.4 is 0 Å². The molecule has 2 aromatic rings. The van der Waals surface area contributed by atoms with Crippen LogP contribution in [0.3, 0.4) is 0 Å². The number of phenolic OH excluding ortho intramolecular Hbond substituents is 2. The number of rotatable bonds is 15. The lowest BCUT2D eigenvalue weighted by molar-refractivity contribution is -0.284. The standard InChI is InChI=1S/C31H39F5O4S/c1-29(22-12-14-23(37)15-13-22)20-41-27-19-24(38)16-17-25(27)26(29)11-7-5-3-2-4-6-9-21(28(39)40)10-8-18-30(32,33)31(34,35)36/h12-17,19,21,26,37-38H,2-11,18,20H2,1H3,(H,39,40)/t21-,26?,29?/m0/s1. The van der Waals surface area contributed by atoms with Crippen LogP contribution in [0.1, 0.15) is 94.6 Å². The van der Waals surface area contributed by atoms with E-state index < -0.39 is 36.8 Å². The van der Waals surface area contributed by atoms with Crippen molar-refractivity contribution in [1.29, 1.82) is 0 Å². The molecule has 2 unspecified atom stereocenters. The lowest BCUT2D eigenvalue weighted by Crippen LogP contribution is -2.36. The van der Waals surface area contributed by atoms with Crippen molar-refractivity contribution < 1.29 is 42.1 Å². The Morgan fingerprint density at radius 2 is 1.49 bits per heavy atom. The quantitative estimate of drug-likeness (QED) is 0.140. The van der Waals surface area contributed by atoms with E-state index in [9.17, 15) is 42.1 Å². The number of alkyl halides is 5. The summed E-state index contributed by atoms with van der Waals surface area (Å²) in [6.45, 7) is 2.25. The van der Waals surface area contributed by atoms with Crippen LogP contribution in [0, 0.1) is 5.92 Å². The molecule has 228 valence electrons. The van der Waals surface area contributed by atoms with Gasteiger partial charge in [-0.25, -0.2) is 0 Å². The summed E-state index contributed by atoms with van der Waals surface area (Å²) in [4.78, 5) is 12.5. The summed E-state index contributed by atoms with van der Waals surface area (Å²) in [5, 5.41) is 29.1. The highest BCUT2D eigenvalue weighted by Gasteiger charge is 2.56. The molecule has 1 aliphatic heterocycles. The van der Waals surface area contributed by atoms with Crippen molar-refractivity contribution in [3.05, 3.63) is 53.6 Å². The summed E-state index contributed by atoms with van der Waals surface area (Å²) in [5.74, 6) is -5.33. The van der Waals surface area contributed by atoms with Crippen LogP contribution in [0.2, 0.25) is 0 Å². The number of phenols is 2. The molecule has 2 aromatic carbocycles. The Morgan fingerprint density at radius 1 is 0.902 bits per heavy atom. The molecular weight excluding hydrogens is 563 g/mol. The number of thioether (sulfide) groups is 1. The molecule has 0 bridgehead atoms. The zero-order valence-electron chi connectivity index (χ0n) is 23.2. The summed E-state index contributed by atoms with van der Waals surface area (Å²) in [7, 11) is 0. The fourth-order valence-electron chi connectivity index (χ4n) is 5.76. The molecule has 0 saturated heterocycles. The first-order chi connectivity index (χ1) is 19.2. The molecule has 41 heavy (non-hydrogen) atoms. The smallest absolute Gasteiger partial charge is 0.453 e. The third-order valence-corrected chi connectivity index (χ3v) is 9.71. The van der Waals surface area contributed by atoms with Crippen LogP contribution in [0.5, 0.6) is 11.5 Å². The minimum Gasteiger partial charge on any atom is -0.508 e. The molecule has 0 fully saturated rings. The molecule has 10 heteroatoms. The van der Waals surface area contributed by atoms with Crippen LogP contribution in [0.15, 0.2) is 47.4 Å². The van der Waals surface area contributed by atoms with Gasteiger partial charge in [-0.2, -0.15) is 22.0 Å². The normalized spacial score (nSPS) is 20.0. The van der Waals surface area contributed by atoms with E-state index in [2.05, 4.69) is 6.92 Å². The van der Waals surface area contributed by atoms with Crippen LogP contribution >= 0.6 is 11.8 Å². The first kappa shape index (κ1) is 33.0. The molecule has 0 aliphatic carbocycles. The van der Waals surface area contributed by atoms with Gasteiger partial charge < -0.3 is 15.3 Å². The Balaban J connectivity index is 1.45.